The maximum atomic E-state index is 13.7. The Balaban J connectivity index is 1.71. The lowest BCUT2D eigenvalue weighted by molar-refractivity contribution is -0.119. The first-order chi connectivity index (χ1) is 13.4. The summed E-state index contributed by atoms with van der Waals surface area (Å²) in [6, 6.07) is 10.7. The Kier molecular flexibility index (Phi) is 5.75. The number of aryl methyl sites for hydroxylation is 1. The fraction of sp³-hybridized carbons (Fsp3) is 0.150. The van der Waals surface area contributed by atoms with Gasteiger partial charge in [0, 0.05) is 10.4 Å². The summed E-state index contributed by atoms with van der Waals surface area (Å²) in [4.78, 5) is 28.7. The number of pyridine rings is 1. The molecule has 0 saturated heterocycles. The molecule has 144 valence electrons. The van der Waals surface area contributed by atoms with Crippen molar-refractivity contribution in [1.82, 2.24) is 4.98 Å². The third-order valence-corrected chi connectivity index (χ3v) is 4.20. The molecule has 0 atom stereocenters. The number of nitrogens with one attached hydrogen (secondary N) is 1. The predicted octanol–water partition coefficient (Wildman–Crippen LogP) is 4.14. The summed E-state index contributed by atoms with van der Waals surface area (Å²) in [5.74, 6) is -1.42. The van der Waals surface area contributed by atoms with Crippen molar-refractivity contribution >= 4 is 40.1 Å². The number of nitrogens with zero attached hydrogens (tertiary/aromatic N) is 1. The number of halogens is 2. The Hall–Kier alpha value is -3.19. The first-order valence-corrected chi connectivity index (χ1v) is 8.62. The number of ether oxygens (including phenoxy) is 2. The molecule has 1 N–H and O–H groups in total. The summed E-state index contributed by atoms with van der Waals surface area (Å²) in [7, 11) is 1.54. The van der Waals surface area contributed by atoms with Crippen LogP contribution in [0.4, 0.5) is 10.1 Å². The van der Waals surface area contributed by atoms with Crippen molar-refractivity contribution in [2.75, 3.05) is 19.0 Å². The van der Waals surface area contributed by atoms with Crippen molar-refractivity contribution in [2.45, 2.75) is 6.92 Å². The number of hydrogen-bond acceptors (Lipinski definition) is 5. The predicted molar refractivity (Wildman–Crippen MR) is 103 cm³/mol. The van der Waals surface area contributed by atoms with E-state index in [2.05, 4.69) is 10.3 Å². The van der Waals surface area contributed by atoms with Crippen LogP contribution in [0.25, 0.3) is 10.9 Å². The third kappa shape index (κ3) is 4.37. The van der Waals surface area contributed by atoms with E-state index in [1.54, 1.807) is 38.3 Å². The van der Waals surface area contributed by atoms with Crippen molar-refractivity contribution in [1.29, 1.82) is 0 Å². The van der Waals surface area contributed by atoms with Crippen LogP contribution in [-0.4, -0.2) is 30.6 Å². The Labute approximate surface area is 165 Å². The molecule has 0 aliphatic heterocycles. The van der Waals surface area contributed by atoms with Crippen LogP contribution in [0.5, 0.6) is 5.75 Å². The lowest BCUT2D eigenvalue weighted by Gasteiger charge is -2.10. The van der Waals surface area contributed by atoms with E-state index in [0.717, 1.165) is 6.07 Å². The van der Waals surface area contributed by atoms with Crippen LogP contribution in [0.2, 0.25) is 5.02 Å². The van der Waals surface area contributed by atoms with E-state index in [4.69, 9.17) is 21.1 Å². The van der Waals surface area contributed by atoms with E-state index in [-0.39, 0.29) is 16.3 Å². The van der Waals surface area contributed by atoms with E-state index >= 15 is 0 Å². The largest absolute Gasteiger partial charge is 0.497 e. The van der Waals surface area contributed by atoms with Crippen molar-refractivity contribution < 1.29 is 23.5 Å². The lowest BCUT2D eigenvalue weighted by Crippen LogP contribution is -2.22. The molecule has 0 unspecified atom stereocenters. The van der Waals surface area contributed by atoms with Crippen LogP contribution in [0.15, 0.2) is 42.5 Å². The second kappa shape index (κ2) is 8.22. The number of methoxy groups -OCH3 is 1. The Morgan fingerprint density at radius 3 is 2.71 bits per heavy atom. The van der Waals surface area contributed by atoms with Gasteiger partial charge in [0.25, 0.3) is 5.91 Å². The smallest absolute Gasteiger partial charge is 0.340 e. The van der Waals surface area contributed by atoms with E-state index in [9.17, 15) is 14.0 Å². The Bertz CT molecular complexity index is 1070. The molecule has 1 heterocycles. The summed E-state index contributed by atoms with van der Waals surface area (Å²) in [5, 5.41) is 3.27. The minimum absolute atomic E-state index is 0.0933. The van der Waals surface area contributed by atoms with Gasteiger partial charge in [-0.05, 0) is 49.4 Å². The van der Waals surface area contributed by atoms with Gasteiger partial charge in [-0.3, -0.25) is 9.78 Å². The number of rotatable bonds is 5. The number of carbonyl (C=O) groups is 2. The summed E-state index contributed by atoms with van der Waals surface area (Å²) in [6.45, 7) is 1.09. The maximum absolute atomic E-state index is 13.7. The van der Waals surface area contributed by atoms with Gasteiger partial charge >= 0.3 is 5.97 Å². The molecule has 3 rings (SSSR count). The fourth-order valence-corrected chi connectivity index (χ4v) is 2.75. The molecule has 3 aromatic rings. The summed E-state index contributed by atoms with van der Waals surface area (Å²) < 4.78 is 23.9. The highest BCUT2D eigenvalue weighted by atomic mass is 35.5. The van der Waals surface area contributed by atoms with Crippen LogP contribution >= 0.6 is 11.6 Å². The number of amides is 1. The van der Waals surface area contributed by atoms with Crippen molar-refractivity contribution in [3.63, 3.8) is 0 Å². The molecule has 2 aromatic carbocycles. The highest BCUT2D eigenvalue weighted by Gasteiger charge is 2.16. The zero-order chi connectivity index (χ0) is 20.3. The monoisotopic (exact) mass is 402 g/mol. The van der Waals surface area contributed by atoms with Gasteiger partial charge in [0.2, 0.25) is 0 Å². The molecule has 0 spiro atoms. The summed E-state index contributed by atoms with van der Waals surface area (Å²) in [6.07, 6.45) is 0. The Morgan fingerprint density at radius 1 is 1.18 bits per heavy atom. The number of aromatic nitrogens is 1. The molecule has 0 saturated carbocycles. The molecule has 0 radical (unpaired) electrons. The summed E-state index contributed by atoms with van der Waals surface area (Å²) in [5.41, 5.74) is 1.29. The fourth-order valence-electron chi connectivity index (χ4n) is 2.57. The quantitative estimate of drug-likeness (QED) is 0.649. The molecule has 1 amide bonds. The molecular formula is C20H16ClFN2O4. The molecule has 8 heteroatoms. The zero-order valence-electron chi connectivity index (χ0n) is 15.1. The van der Waals surface area contributed by atoms with Crippen molar-refractivity contribution in [3.05, 3.63) is 64.6 Å². The zero-order valence-corrected chi connectivity index (χ0v) is 15.8. The average molecular weight is 403 g/mol. The van der Waals surface area contributed by atoms with Crippen LogP contribution in [0, 0.1) is 12.7 Å². The van der Waals surface area contributed by atoms with Gasteiger partial charge in [-0.15, -0.1) is 0 Å². The molecule has 0 fully saturated rings. The minimum Gasteiger partial charge on any atom is -0.497 e. The van der Waals surface area contributed by atoms with Crippen LogP contribution < -0.4 is 10.1 Å². The number of fused-ring (bicyclic) bond motifs is 1. The standard InChI is InChI=1S/C20H16ClFN2O4/c1-11-15(8-12-7-14(27-2)4-6-17(12)23-11)20(26)28-10-19(25)24-18-9-13(21)3-5-16(18)22/h3-9H,10H2,1-2H3,(H,24,25). The van der Waals surface area contributed by atoms with Gasteiger partial charge in [-0.1, -0.05) is 11.6 Å². The highest BCUT2D eigenvalue weighted by Crippen LogP contribution is 2.23. The van der Waals surface area contributed by atoms with Crippen LogP contribution in [-0.2, 0) is 9.53 Å². The highest BCUT2D eigenvalue weighted by molar-refractivity contribution is 6.30. The van der Waals surface area contributed by atoms with Crippen molar-refractivity contribution in [3.8, 4) is 5.75 Å². The number of benzene rings is 2. The van der Waals surface area contributed by atoms with Gasteiger partial charge in [0.1, 0.15) is 11.6 Å². The summed E-state index contributed by atoms with van der Waals surface area (Å²) >= 11 is 5.78. The number of carbonyl (C=O) groups excluding carboxylic acids is 2. The van der Waals surface area contributed by atoms with Crippen LogP contribution in [0.3, 0.4) is 0 Å². The minimum atomic E-state index is -0.712. The van der Waals surface area contributed by atoms with E-state index in [0.29, 0.717) is 22.3 Å². The number of hydrogen-bond donors (Lipinski definition) is 1. The van der Waals surface area contributed by atoms with E-state index in [1.807, 2.05) is 0 Å². The molecule has 1 aromatic heterocycles. The normalized spacial score (nSPS) is 10.6. The molecule has 6 nitrogen and oxygen atoms in total. The van der Waals surface area contributed by atoms with Gasteiger partial charge in [0.05, 0.1) is 29.6 Å². The van der Waals surface area contributed by atoms with Gasteiger partial charge in [-0.25, -0.2) is 9.18 Å². The molecule has 28 heavy (non-hydrogen) atoms. The topological polar surface area (TPSA) is 77.5 Å². The SMILES string of the molecule is COc1ccc2nc(C)c(C(=O)OCC(=O)Nc3cc(Cl)ccc3F)cc2c1. The molecular weight excluding hydrogens is 387 g/mol. The van der Waals surface area contributed by atoms with Gasteiger partial charge < -0.3 is 14.8 Å². The first-order valence-electron chi connectivity index (χ1n) is 8.25. The van der Waals surface area contributed by atoms with Crippen molar-refractivity contribution in [2.24, 2.45) is 0 Å². The van der Waals surface area contributed by atoms with E-state index in [1.165, 1.54) is 12.1 Å². The second-order valence-corrected chi connectivity index (χ2v) is 6.36. The second-order valence-electron chi connectivity index (χ2n) is 5.93. The first kappa shape index (κ1) is 19.6. The van der Waals surface area contributed by atoms with Gasteiger partial charge in [-0.2, -0.15) is 0 Å². The Morgan fingerprint density at radius 2 is 1.96 bits per heavy atom. The molecule has 0 aliphatic rings. The number of anilines is 1. The number of esters is 1. The molecule has 0 bridgehead atoms. The van der Waals surface area contributed by atoms with E-state index < -0.39 is 24.3 Å². The third-order valence-electron chi connectivity index (χ3n) is 3.97. The average Bonchev–Trinajstić information content (AvgIpc) is 2.68. The van der Waals surface area contributed by atoms with Gasteiger partial charge in [0.15, 0.2) is 6.61 Å². The molecule has 0 aliphatic carbocycles. The maximum Gasteiger partial charge on any atom is 0.340 e. The van der Waals surface area contributed by atoms with Crippen LogP contribution in [0.1, 0.15) is 16.1 Å². The lowest BCUT2D eigenvalue weighted by atomic mass is 10.1.